The molecule has 0 amide bonds. The molecule has 3 heteroatoms. The predicted octanol–water partition coefficient (Wildman–Crippen LogP) is 2.47. The van der Waals surface area contributed by atoms with Crippen LogP contribution in [0.1, 0.15) is 31.7 Å². The number of nitrogens with zero attached hydrogens (tertiary/aromatic N) is 1. The van der Waals surface area contributed by atoms with Crippen molar-refractivity contribution in [2.24, 2.45) is 0 Å². The van der Waals surface area contributed by atoms with Gasteiger partial charge in [0.2, 0.25) is 0 Å². The van der Waals surface area contributed by atoms with Gasteiger partial charge >= 0.3 is 0 Å². The molecule has 1 aliphatic rings. The molecule has 106 valence electrons. The molecule has 1 N–H and O–H groups in total. The molecule has 0 bridgehead atoms. The van der Waals surface area contributed by atoms with Gasteiger partial charge in [0, 0.05) is 13.1 Å². The molecule has 0 saturated carbocycles. The second-order valence-corrected chi connectivity index (χ2v) is 5.25. The van der Waals surface area contributed by atoms with Gasteiger partial charge in [-0.15, -0.1) is 0 Å². The fourth-order valence-corrected chi connectivity index (χ4v) is 2.57. The lowest BCUT2D eigenvalue weighted by atomic mass is 10.1. The molecule has 1 aromatic rings. The lowest BCUT2D eigenvalue weighted by Crippen LogP contribution is -2.36. The Morgan fingerprint density at radius 1 is 1.21 bits per heavy atom. The summed E-state index contributed by atoms with van der Waals surface area (Å²) in [5.41, 5.74) is 1.38. The average molecular weight is 263 g/mol. The summed E-state index contributed by atoms with van der Waals surface area (Å²) in [6.07, 6.45) is 4.10. The Morgan fingerprint density at radius 3 is 2.53 bits per heavy atom. The topological polar surface area (TPSA) is 32.7 Å². The molecule has 1 fully saturated rings. The van der Waals surface area contributed by atoms with Crippen molar-refractivity contribution >= 4 is 0 Å². The second-order valence-electron chi connectivity index (χ2n) is 5.25. The second kappa shape index (κ2) is 7.51. The molecule has 0 atom stereocenters. The molecule has 1 saturated heterocycles. The van der Waals surface area contributed by atoms with E-state index in [9.17, 15) is 5.11 Å². The van der Waals surface area contributed by atoms with Gasteiger partial charge in [-0.3, -0.25) is 0 Å². The summed E-state index contributed by atoms with van der Waals surface area (Å²) < 4.78 is 5.44. The molecule has 0 radical (unpaired) electrons. The number of piperidine rings is 1. The van der Waals surface area contributed by atoms with Crippen LogP contribution < -0.4 is 4.74 Å². The number of aliphatic hydroxyl groups excluding tert-OH is 1. The summed E-state index contributed by atoms with van der Waals surface area (Å²) in [6, 6.07) is 8.42. The first kappa shape index (κ1) is 14.4. The molecule has 1 heterocycles. The van der Waals surface area contributed by atoms with E-state index in [0.29, 0.717) is 0 Å². The first-order valence-electron chi connectivity index (χ1n) is 7.40. The molecule has 0 spiro atoms. The van der Waals surface area contributed by atoms with Crippen molar-refractivity contribution < 1.29 is 9.84 Å². The Bertz CT molecular complexity index is 356. The van der Waals surface area contributed by atoms with Gasteiger partial charge in [0.15, 0.2) is 0 Å². The van der Waals surface area contributed by atoms with Crippen LogP contribution in [0.15, 0.2) is 24.3 Å². The van der Waals surface area contributed by atoms with E-state index in [1.54, 1.807) is 0 Å². The average Bonchev–Trinajstić information content (AvgIpc) is 2.43. The minimum Gasteiger partial charge on any atom is -0.494 e. The van der Waals surface area contributed by atoms with Crippen LogP contribution in [-0.4, -0.2) is 42.4 Å². The fraction of sp³-hybridized carbons (Fsp3) is 0.625. The van der Waals surface area contributed by atoms with Crippen molar-refractivity contribution in [3.63, 3.8) is 0 Å². The highest BCUT2D eigenvalue weighted by Gasteiger charge is 2.15. The quantitative estimate of drug-likeness (QED) is 0.856. The summed E-state index contributed by atoms with van der Waals surface area (Å²) in [5, 5.41) is 9.46. The number of hydrogen-bond acceptors (Lipinski definition) is 3. The van der Waals surface area contributed by atoms with Crippen molar-refractivity contribution in [2.45, 2.75) is 38.7 Å². The predicted molar refractivity (Wildman–Crippen MR) is 77.6 cm³/mol. The number of likely N-dealkylation sites (tertiary alicyclic amines) is 1. The zero-order valence-electron chi connectivity index (χ0n) is 11.8. The van der Waals surface area contributed by atoms with Crippen molar-refractivity contribution in [1.82, 2.24) is 4.90 Å². The highest BCUT2D eigenvalue weighted by Crippen LogP contribution is 2.14. The van der Waals surface area contributed by atoms with Crippen molar-refractivity contribution in [3.05, 3.63) is 29.8 Å². The third-order valence-electron chi connectivity index (χ3n) is 3.73. The molecule has 3 nitrogen and oxygen atoms in total. The van der Waals surface area contributed by atoms with Crippen LogP contribution in [-0.2, 0) is 6.42 Å². The number of aryl methyl sites for hydroxylation is 1. The standard InChI is InChI=1S/C16H25NO2/c1-2-19-16-7-5-14(6-8-16)4-3-11-17-12-9-15(18)10-13-17/h5-8,15,18H,2-4,9-13H2,1H3. The van der Waals surface area contributed by atoms with Crippen molar-refractivity contribution in [2.75, 3.05) is 26.2 Å². The SMILES string of the molecule is CCOc1ccc(CCCN2CCC(O)CC2)cc1. The maximum atomic E-state index is 9.46. The molecule has 0 aromatic heterocycles. The smallest absolute Gasteiger partial charge is 0.119 e. The van der Waals surface area contributed by atoms with E-state index in [2.05, 4.69) is 29.2 Å². The molecule has 19 heavy (non-hydrogen) atoms. The van der Waals surface area contributed by atoms with Gasteiger partial charge in [-0.05, 0) is 56.8 Å². The Labute approximate surface area is 116 Å². The zero-order valence-corrected chi connectivity index (χ0v) is 11.8. The van der Waals surface area contributed by atoms with E-state index in [0.717, 1.165) is 51.3 Å². The minimum atomic E-state index is -0.0673. The molecule has 0 unspecified atom stereocenters. The Balaban J connectivity index is 1.67. The molecule has 2 rings (SSSR count). The maximum Gasteiger partial charge on any atom is 0.119 e. The number of ether oxygens (including phenoxy) is 1. The number of benzene rings is 1. The monoisotopic (exact) mass is 263 g/mol. The highest BCUT2D eigenvalue weighted by molar-refractivity contribution is 5.27. The van der Waals surface area contributed by atoms with Crippen LogP contribution in [0, 0.1) is 0 Å². The number of rotatable bonds is 6. The largest absolute Gasteiger partial charge is 0.494 e. The fourth-order valence-electron chi connectivity index (χ4n) is 2.57. The number of aliphatic hydroxyl groups is 1. The van der Waals surface area contributed by atoms with Crippen LogP contribution in [0.5, 0.6) is 5.75 Å². The van der Waals surface area contributed by atoms with Crippen LogP contribution >= 0.6 is 0 Å². The molecule has 1 aromatic carbocycles. The summed E-state index contributed by atoms with van der Waals surface area (Å²) >= 11 is 0. The van der Waals surface area contributed by atoms with Crippen molar-refractivity contribution in [1.29, 1.82) is 0 Å². The molecule has 1 aliphatic heterocycles. The van der Waals surface area contributed by atoms with Crippen LogP contribution in [0.4, 0.5) is 0 Å². The first-order chi connectivity index (χ1) is 9.28. The van der Waals surface area contributed by atoms with Gasteiger partial charge in [-0.2, -0.15) is 0 Å². The third kappa shape index (κ3) is 4.84. The van der Waals surface area contributed by atoms with Crippen LogP contribution in [0.25, 0.3) is 0 Å². The summed E-state index contributed by atoms with van der Waals surface area (Å²) in [6.45, 7) is 5.96. The zero-order chi connectivity index (χ0) is 13.5. The highest BCUT2D eigenvalue weighted by atomic mass is 16.5. The third-order valence-corrected chi connectivity index (χ3v) is 3.73. The van der Waals surface area contributed by atoms with Crippen molar-refractivity contribution in [3.8, 4) is 5.75 Å². The Morgan fingerprint density at radius 2 is 1.89 bits per heavy atom. The van der Waals surface area contributed by atoms with E-state index in [1.165, 1.54) is 12.0 Å². The normalized spacial score (nSPS) is 17.6. The van der Waals surface area contributed by atoms with Gasteiger partial charge in [-0.25, -0.2) is 0 Å². The van der Waals surface area contributed by atoms with E-state index >= 15 is 0 Å². The van der Waals surface area contributed by atoms with Crippen LogP contribution in [0.2, 0.25) is 0 Å². The summed E-state index contributed by atoms with van der Waals surface area (Å²) in [5.74, 6) is 0.955. The molecule has 0 aliphatic carbocycles. The minimum absolute atomic E-state index is 0.0673. The number of hydrogen-bond donors (Lipinski definition) is 1. The van der Waals surface area contributed by atoms with E-state index in [1.807, 2.05) is 6.92 Å². The Hall–Kier alpha value is -1.06. The lowest BCUT2D eigenvalue weighted by Gasteiger charge is -2.29. The summed E-state index contributed by atoms with van der Waals surface area (Å²) in [4.78, 5) is 2.46. The van der Waals surface area contributed by atoms with E-state index < -0.39 is 0 Å². The maximum absolute atomic E-state index is 9.46. The van der Waals surface area contributed by atoms with Gasteiger partial charge < -0.3 is 14.7 Å². The molecular formula is C16H25NO2. The van der Waals surface area contributed by atoms with E-state index in [4.69, 9.17) is 4.74 Å². The summed E-state index contributed by atoms with van der Waals surface area (Å²) in [7, 11) is 0. The van der Waals surface area contributed by atoms with Crippen LogP contribution in [0.3, 0.4) is 0 Å². The van der Waals surface area contributed by atoms with Gasteiger partial charge in [-0.1, -0.05) is 12.1 Å². The molecular weight excluding hydrogens is 238 g/mol. The van der Waals surface area contributed by atoms with Gasteiger partial charge in [0.25, 0.3) is 0 Å². The van der Waals surface area contributed by atoms with Gasteiger partial charge in [0.05, 0.1) is 12.7 Å². The Kier molecular flexibility index (Phi) is 5.67. The van der Waals surface area contributed by atoms with Gasteiger partial charge in [0.1, 0.15) is 5.75 Å². The lowest BCUT2D eigenvalue weighted by molar-refractivity contribution is 0.0821. The van der Waals surface area contributed by atoms with E-state index in [-0.39, 0.29) is 6.10 Å². The first-order valence-corrected chi connectivity index (χ1v) is 7.40.